The van der Waals surface area contributed by atoms with Crippen LogP contribution in [0.3, 0.4) is 0 Å². The molecule has 0 spiro atoms. The molecule has 7 N–H and O–H groups in total. The van der Waals surface area contributed by atoms with E-state index in [0.717, 1.165) is 12.1 Å². The van der Waals surface area contributed by atoms with Crippen molar-refractivity contribution < 1.29 is 35.5 Å². The van der Waals surface area contributed by atoms with Gasteiger partial charge in [-0.05, 0) is 30.7 Å². The largest absolute Gasteiger partial charge is 0.398 e. The summed E-state index contributed by atoms with van der Waals surface area (Å²) >= 11 is 0. The van der Waals surface area contributed by atoms with Crippen molar-refractivity contribution in [2.75, 3.05) is 16.8 Å². The molecule has 13 heteroatoms. The standard InChI is InChI=1S/C21H17N3O8S2/c1-9-13(22)6-10(7-15(9)33(27,28)29)24-14-8-16(34(30,31)32)19(23)18-17(14)20(25)11-4-2-3-5-12(11)21(18)26/h2-8,24H,22-23H2,1H3,(H,27,28,29)(H,30,31,32). The van der Waals surface area contributed by atoms with Crippen LogP contribution in [0.25, 0.3) is 0 Å². The van der Waals surface area contributed by atoms with Gasteiger partial charge in [0.25, 0.3) is 20.2 Å². The molecule has 4 rings (SSSR count). The smallest absolute Gasteiger partial charge is 0.296 e. The van der Waals surface area contributed by atoms with Crippen molar-refractivity contribution in [3.63, 3.8) is 0 Å². The van der Waals surface area contributed by atoms with Gasteiger partial charge in [-0.1, -0.05) is 24.3 Å². The molecule has 1 aliphatic carbocycles. The first-order chi connectivity index (χ1) is 15.7. The third-order valence-corrected chi connectivity index (χ3v) is 7.31. The molecule has 0 aliphatic heterocycles. The van der Waals surface area contributed by atoms with Crippen molar-refractivity contribution in [3.05, 3.63) is 70.3 Å². The number of anilines is 4. The normalized spacial score (nSPS) is 13.4. The molecule has 3 aromatic carbocycles. The zero-order valence-electron chi connectivity index (χ0n) is 17.4. The van der Waals surface area contributed by atoms with Gasteiger partial charge in [0.2, 0.25) is 0 Å². The predicted molar refractivity (Wildman–Crippen MR) is 123 cm³/mol. The Labute approximate surface area is 193 Å². The van der Waals surface area contributed by atoms with Gasteiger partial charge in [0.1, 0.15) is 9.79 Å². The molecule has 0 atom stereocenters. The lowest BCUT2D eigenvalue weighted by Crippen LogP contribution is -2.25. The number of ketones is 2. The number of carbonyl (C=O) groups excluding carboxylic acids is 2. The van der Waals surface area contributed by atoms with Gasteiger partial charge in [-0.3, -0.25) is 18.7 Å². The lowest BCUT2D eigenvalue weighted by atomic mass is 9.82. The number of fused-ring (bicyclic) bond motifs is 2. The number of nitrogens with two attached hydrogens (primary N) is 2. The second-order valence-electron chi connectivity index (χ2n) is 7.55. The Kier molecular flexibility index (Phi) is 5.25. The fourth-order valence-corrected chi connectivity index (χ4v) is 5.24. The van der Waals surface area contributed by atoms with Crippen LogP contribution in [0.15, 0.2) is 52.3 Å². The fourth-order valence-electron chi connectivity index (χ4n) is 3.81. The quantitative estimate of drug-likeness (QED) is 0.201. The number of rotatable bonds is 4. The molecule has 176 valence electrons. The zero-order chi connectivity index (χ0) is 25.2. The van der Waals surface area contributed by atoms with Crippen LogP contribution in [-0.2, 0) is 20.2 Å². The highest BCUT2D eigenvalue weighted by atomic mass is 32.2. The first kappa shape index (κ1) is 23.4. The summed E-state index contributed by atoms with van der Waals surface area (Å²) in [4.78, 5) is 25.1. The third kappa shape index (κ3) is 3.70. The number of nitrogen functional groups attached to an aromatic ring is 2. The van der Waals surface area contributed by atoms with Crippen molar-refractivity contribution in [2.24, 2.45) is 0 Å². The summed E-state index contributed by atoms with van der Waals surface area (Å²) in [5, 5.41) is 2.67. The number of benzene rings is 3. The Balaban J connectivity index is 2.03. The van der Waals surface area contributed by atoms with Crippen LogP contribution in [-0.4, -0.2) is 37.5 Å². The molecule has 0 saturated carbocycles. The van der Waals surface area contributed by atoms with Crippen LogP contribution in [0.1, 0.15) is 37.4 Å². The Hall–Kier alpha value is -3.78. The summed E-state index contributed by atoms with van der Waals surface area (Å²) < 4.78 is 66.7. The van der Waals surface area contributed by atoms with Gasteiger partial charge in [-0.2, -0.15) is 16.8 Å². The van der Waals surface area contributed by atoms with E-state index in [1.165, 1.54) is 37.3 Å². The minimum absolute atomic E-state index is 0.00150. The second-order valence-corrected chi connectivity index (χ2v) is 10.3. The molecule has 3 aromatic rings. The van der Waals surface area contributed by atoms with Gasteiger partial charge in [0.15, 0.2) is 11.6 Å². The fraction of sp³-hybridized carbons (Fsp3) is 0.0476. The number of carbonyl (C=O) groups is 2. The maximum atomic E-state index is 13.3. The Morgan fingerprint density at radius 3 is 1.85 bits per heavy atom. The summed E-state index contributed by atoms with van der Waals surface area (Å²) in [6.45, 7) is 1.36. The van der Waals surface area contributed by atoms with Gasteiger partial charge in [-0.15, -0.1) is 0 Å². The summed E-state index contributed by atoms with van der Waals surface area (Å²) in [5.41, 5.74) is 10.2. The molecule has 0 fully saturated rings. The summed E-state index contributed by atoms with van der Waals surface area (Å²) in [7, 11) is -9.62. The SMILES string of the molecule is Cc1c(N)cc(Nc2cc(S(=O)(=O)O)c(N)c3c2C(=O)c2ccccc2C3=O)cc1S(=O)(=O)O. The van der Waals surface area contributed by atoms with Crippen LogP contribution in [0.2, 0.25) is 0 Å². The molecule has 0 bridgehead atoms. The average molecular weight is 504 g/mol. The Morgan fingerprint density at radius 2 is 1.32 bits per heavy atom. The molecule has 1 aliphatic rings. The first-order valence-corrected chi connectivity index (χ1v) is 12.4. The van der Waals surface area contributed by atoms with E-state index in [1.54, 1.807) is 0 Å². The van der Waals surface area contributed by atoms with E-state index in [4.69, 9.17) is 11.5 Å². The van der Waals surface area contributed by atoms with Crippen LogP contribution >= 0.6 is 0 Å². The molecule has 0 unspecified atom stereocenters. The number of hydrogen-bond acceptors (Lipinski definition) is 9. The van der Waals surface area contributed by atoms with Gasteiger partial charge in [-0.25, -0.2) is 0 Å². The predicted octanol–water partition coefficient (Wildman–Crippen LogP) is 2.17. The van der Waals surface area contributed by atoms with Crippen molar-refractivity contribution in [1.82, 2.24) is 0 Å². The average Bonchev–Trinajstić information content (AvgIpc) is 2.73. The Bertz CT molecular complexity index is 1640. The van der Waals surface area contributed by atoms with Crippen LogP contribution in [0, 0.1) is 6.92 Å². The molecule has 0 aromatic heterocycles. The van der Waals surface area contributed by atoms with E-state index in [2.05, 4.69) is 5.32 Å². The van der Waals surface area contributed by atoms with E-state index in [0.29, 0.717) is 0 Å². The zero-order valence-corrected chi connectivity index (χ0v) is 19.0. The first-order valence-electron chi connectivity index (χ1n) is 9.49. The third-order valence-electron chi connectivity index (χ3n) is 5.44. The van der Waals surface area contributed by atoms with Crippen molar-refractivity contribution in [2.45, 2.75) is 16.7 Å². The molecule has 0 radical (unpaired) electrons. The highest BCUT2D eigenvalue weighted by Crippen LogP contribution is 2.40. The minimum Gasteiger partial charge on any atom is -0.398 e. The van der Waals surface area contributed by atoms with Crippen molar-refractivity contribution in [1.29, 1.82) is 0 Å². The summed E-state index contributed by atoms with van der Waals surface area (Å²) in [6.07, 6.45) is 0. The highest BCUT2D eigenvalue weighted by Gasteiger charge is 2.36. The number of hydrogen-bond donors (Lipinski definition) is 5. The van der Waals surface area contributed by atoms with Gasteiger partial charge in [0.05, 0.1) is 22.5 Å². The van der Waals surface area contributed by atoms with Gasteiger partial charge >= 0.3 is 0 Å². The van der Waals surface area contributed by atoms with E-state index < -0.39 is 52.8 Å². The molecule has 11 nitrogen and oxygen atoms in total. The number of nitrogens with one attached hydrogen (secondary N) is 1. The second kappa shape index (κ2) is 7.63. The van der Waals surface area contributed by atoms with Crippen LogP contribution < -0.4 is 16.8 Å². The van der Waals surface area contributed by atoms with E-state index in [9.17, 15) is 35.5 Å². The lowest BCUT2D eigenvalue weighted by molar-refractivity contribution is 0.0980. The highest BCUT2D eigenvalue weighted by molar-refractivity contribution is 7.86. The summed E-state index contributed by atoms with van der Waals surface area (Å²) in [5.74, 6) is -1.39. The molecule has 0 amide bonds. The van der Waals surface area contributed by atoms with Crippen LogP contribution in [0.5, 0.6) is 0 Å². The molecule has 34 heavy (non-hydrogen) atoms. The lowest BCUT2D eigenvalue weighted by Gasteiger charge is -2.24. The van der Waals surface area contributed by atoms with E-state index in [1.807, 2.05) is 0 Å². The topological polar surface area (TPSA) is 207 Å². The van der Waals surface area contributed by atoms with Crippen LogP contribution in [0.4, 0.5) is 22.7 Å². The van der Waals surface area contributed by atoms with Crippen molar-refractivity contribution in [3.8, 4) is 0 Å². The van der Waals surface area contributed by atoms with E-state index in [-0.39, 0.29) is 39.3 Å². The molecule has 0 saturated heterocycles. The summed E-state index contributed by atoms with van der Waals surface area (Å²) in [6, 6.07) is 8.99. The van der Waals surface area contributed by atoms with E-state index >= 15 is 0 Å². The molecule has 0 heterocycles. The maximum Gasteiger partial charge on any atom is 0.296 e. The maximum absolute atomic E-state index is 13.3. The van der Waals surface area contributed by atoms with Crippen molar-refractivity contribution >= 4 is 54.6 Å². The molecular weight excluding hydrogens is 486 g/mol. The molecular formula is C21H17N3O8S2. The Morgan fingerprint density at radius 1 is 0.794 bits per heavy atom. The monoisotopic (exact) mass is 503 g/mol. The van der Waals surface area contributed by atoms with Gasteiger partial charge < -0.3 is 16.8 Å². The van der Waals surface area contributed by atoms with Gasteiger partial charge in [0, 0.05) is 22.5 Å². The minimum atomic E-state index is -4.94.